The SMILES string of the molecule is C=C(C)C(=O)OCCOc1cc(-c2ccc(C)cc2C)ccc1CCO. The van der Waals surface area contributed by atoms with Crippen LogP contribution in [0.15, 0.2) is 48.6 Å². The first-order valence-corrected chi connectivity index (χ1v) is 8.69. The summed E-state index contributed by atoms with van der Waals surface area (Å²) in [6.45, 7) is 9.75. The van der Waals surface area contributed by atoms with E-state index in [1.54, 1.807) is 6.92 Å². The lowest BCUT2D eigenvalue weighted by Crippen LogP contribution is -2.13. The molecule has 0 bridgehead atoms. The fraction of sp³-hybridized carbons (Fsp3) is 0.318. The van der Waals surface area contributed by atoms with Gasteiger partial charge in [0, 0.05) is 12.2 Å². The van der Waals surface area contributed by atoms with Gasteiger partial charge < -0.3 is 14.6 Å². The zero-order valence-corrected chi connectivity index (χ0v) is 15.7. The van der Waals surface area contributed by atoms with Crippen molar-refractivity contribution in [1.29, 1.82) is 0 Å². The molecule has 2 aromatic rings. The van der Waals surface area contributed by atoms with Gasteiger partial charge in [0.05, 0.1) is 0 Å². The van der Waals surface area contributed by atoms with Crippen molar-refractivity contribution < 1.29 is 19.4 Å². The minimum absolute atomic E-state index is 0.0455. The van der Waals surface area contributed by atoms with Gasteiger partial charge in [0.2, 0.25) is 0 Å². The van der Waals surface area contributed by atoms with Crippen molar-refractivity contribution in [3.05, 3.63) is 65.2 Å². The summed E-state index contributed by atoms with van der Waals surface area (Å²) in [6, 6.07) is 12.3. The fourth-order valence-corrected chi connectivity index (χ4v) is 2.73. The van der Waals surface area contributed by atoms with E-state index >= 15 is 0 Å². The molecule has 0 saturated heterocycles. The topological polar surface area (TPSA) is 55.8 Å². The number of benzene rings is 2. The summed E-state index contributed by atoms with van der Waals surface area (Å²) in [5.41, 5.74) is 5.90. The van der Waals surface area contributed by atoms with Crippen molar-refractivity contribution in [2.75, 3.05) is 19.8 Å². The van der Waals surface area contributed by atoms with E-state index in [1.165, 1.54) is 11.1 Å². The number of aryl methyl sites for hydroxylation is 2. The Labute approximate surface area is 155 Å². The van der Waals surface area contributed by atoms with Crippen LogP contribution in [-0.2, 0) is 16.0 Å². The lowest BCUT2D eigenvalue weighted by atomic mass is 9.97. The largest absolute Gasteiger partial charge is 0.490 e. The number of hydrogen-bond acceptors (Lipinski definition) is 4. The Morgan fingerprint density at radius 1 is 1.12 bits per heavy atom. The molecule has 0 aliphatic rings. The van der Waals surface area contributed by atoms with Crippen LogP contribution in [0.3, 0.4) is 0 Å². The third kappa shape index (κ3) is 5.20. The molecular formula is C22H26O4. The normalized spacial score (nSPS) is 10.5. The number of hydrogen-bond donors (Lipinski definition) is 1. The minimum atomic E-state index is -0.423. The average molecular weight is 354 g/mol. The molecule has 0 spiro atoms. The van der Waals surface area contributed by atoms with E-state index < -0.39 is 5.97 Å². The van der Waals surface area contributed by atoms with E-state index in [2.05, 4.69) is 38.6 Å². The van der Waals surface area contributed by atoms with Crippen molar-refractivity contribution in [1.82, 2.24) is 0 Å². The Kier molecular flexibility index (Phi) is 6.98. The first kappa shape index (κ1) is 19.7. The van der Waals surface area contributed by atoms with Gasteiger partial charge in [-0.3, -0.25) is 0 Å². The molecule has 0 unspecified atom stereocenters. The van der Waals surface area contributed by atoms with Crippen LogP contribution < -0.4 is 4.74 Å². The van der Waals surface area contributed by atoms with Crippen molar-refractivity contribution in [3.8, 4) is 16.9 Å². The Bertz CT molecular complexity index is 793. The van der Waals surface area contributed by atoms with Crippen LogP contribution in [0.1, 0.15) is 23.6 Å². The summed E-state index contributed by atoms with van der Waals surface area (Å²) >= 11 is 0. The zero-order valence-electron chi connectivity index (χ0n) is 15.7. The third-order valence-corrected chi connectivity index (χ3v) is 4.06. The summed E-state index contributed by atoms with van der Waals surface area (Å²) in [7, 11) is 0. The number of ether oxygens (including phenoxy) is 2. The molecule has 0 amide bonds. The molecule has 138 valence electrons. The summed E-state index contributed by atoms with van der Waals surface area (Å²) < 4.78 is 10.9. The average Bonchev–Trinajstić information content (AvgIpc) is 2.60. The predicted octanol–water partition coefficient (Wildman–Crippen LogP) is 4.00. The van der Waals surface area contributed by atoms with Gasteiger partial charge in [-0.05, 0) is 55.5 Å². The van der Waals surface area contributed by atoms with Gasteiger partial charge in [-0.15, -0.1) is 0 Å². The number of carbonyl (C=O) groups excluding carboxylic acids is 1. The molecule has 1 N–H and O–H groups in total. The van der Waals surface area contributed by atoms with E-state index in [0.29, 0.717) is 17.7 Å². The Morgan fingerprint density at radius 2 is 1.88 bits per heavy atom. The van der Waals surface area contributed by atoms with Crippen LogP contribution in [0.5, 0.6) is 5.75 Å². The molecule has 0 fully saturated rings. The van der Waals surface area contributed by atoms with Crippen molar-refractivity contribution in [3.63, 3.8) is 0 Å². The molecule has 0 aliphatic carbocycles. The van der Waals surface area contributed by atoms with E-state index in [-0.39, 0.29) is 19.8 Å². The molecule has 0 aromatic heterocycles. The lowest BCUT2D eigenvalue weighted by Gasteiger charge is -2.14. The molecule has 0 atom stereocenters. The highest BCUT2D eigenvalue weighted by Crippen LogP contribution is 2.30. The monoisotopic (exact) mass is 354 g/mol. The maximum absolute atomic E-state index is 11.4. The van der Waals surface area contributed by atoms with Crippen LogP contribution >= 0.6 is 0 Å². The summed E-state index contributed by atoms with van der Waals surface area (Å²) in [4.78, 5) is 11.4. The summed E-state index contributed by atoms with van der Waals surface area (Å²) in [5.74, 6) is 0.274. The number of carbonyl (C=O) groups is 1. The van der Waals surface area contributed by atoms with Crippen LogP contribution in [0.25, 0.3) is 11.1 Å². The second-order valence-corrected chi connectivity index (χ2v) is 6.38. The van der Waals surface area contributed by atoms with Crippen molar-refractivity contribution in [2.24, 2.45) is 0 Å². The molecular weight excluding hydrogens is 328 g/mol. The van der Waals surface area contributed by atoms with Crippen LogP contribution in [-0.4, -0.2) is 30.9 Å². The lowest BCUT2D eigenvalue weighted by molar-refractivity contribution is -0.139. The number of esters is 1. The highest BCUT2D eigenvalue weighted by Gasteiger charge is 2.09. The van der Waals surface area contributed by atoms with Crippen LogP contribution in [0.4, 0.5) is 0 Å². The van der Waals surface area contributed by atoms with E-state index in [4.69, 9.17) is 9.47 Å². The standard InChI is InChI=1S/C22H26O4/c1-15(2)22(24)26-12-11-25-21-14-19(7-6-18(21)9-10-23)20-8-5-16(3)13-17(20)4/h5-8,13-14,23H,1,9-12H2,2-4H3. The minimum Gasteiger partial charge on any atom is -0.490 e. The maximum Gasteiger partial charge on any atom is 0.333 e. The van der Waals surface area contributed by atoms with Crippen molar-refractivity contribution >= 4 is 5.97 Å². The summed E-state index contributed by atoms with van der Waals surface area (Å²) in [5, 5.41) is 9.28. The molecule has 0 aliphatic heterocycles. The Hall–Kier alpha value is -2.59. The first-order valence-electron chi connectivity index (χ1n) is 8.69. The molecule has 0 radical (unpaired) electrons. The predicted molar refractivity (Wildman–Crippen MR) is 103 cm³/mol. The highest BCUT2D eigenvalue weighted by molar-refractivity contribution is 5.86. The maximum atomic E-state index is 11.4. The van der Waals surface area contributed by atoms with Gasteiger partial charge >= 0.3 is 5.97 Å². The third-order valence-electron chi connectivity index (χ3n) is 4.06. The van der Waals surface area contributed by atoms with Crippen LogP contribution in [0.2, 0.25) is 0 Å². The summed E-state index contributed by atoms with van der Waals surface area (Å²) in [6.07, 6.45) is 0.508. The van der Waals surface area contributed by atoms with Gasteiger partial charge in [0.25, 0.3) is 0 Å². The highest BCUT2D eigenvalue weighted by atomic mass is 16.6. The van der Waals surface area contributed by atoms with Gasteiger partial charge in [-0.25, -0.2) is 4.79 Å². The molecule has 0 saturated carbocycles. The van der Waals surface area contributed by atoms with Crippen molar-refractivity contribution in [2.45, 2.75) is 27.2 Å². The number of rotatable bonds is 8. The Morgan fingerprint density at radius 3 is 2.54 bits per heavy atom. The number of aliphatic hydroxyl groups is 1. The second-order valence-electron chi connectivity index (χ2n) is 6.38. The molecule has 0 heterocycles. The molecule has 2 rings (SSSR count). The first-order chi connectivity index (χ1) is 12.4. The molecule has 4 heteroatoms. The quantitative estimate of drug-likeness (QED) is 0.442. The molecule has 2 aromatic carbocycles. The van der Waals surface area contributed by atoms with Gasteiger partial charge in [-0.1, -0.05) is 42.5 Å². The molecule has 4 nitrogen and oxygen atoms in total. The van der Waals surface area contributed by atoms with Crippen LogP contribution in [0, 0.1) is 13.8 Å². The fourth-order valence-electron chi connectivity index (χ4n) is 2.73. The zero-order chi connectivity index (χ0) is 19.1. The Balaban J connectivity index is 2.17. The van der Waals surface area contributed by atoms with E-state index in [1.807, 2.05) is 18.2 Å². The van der Waals surface area contributed by atoms with E-state index in [9.17, 15) is 9.90 Å². The second kappa shape index (κ2) is 9.20. The van der Waals surface area contributed by atoms with E-state index in [0.717, 1.165) is 16.7 Å². The van der Waals surface area contributed by atoms with Gasteiger partial charge in [-0.2, -0.15) is 0 Å². The number of aliphatic hydroxyl groups excluding tert-OH is 1. The van der Waals surface area contributed by atoms with Gasteiger partial charge in [0.1, 0.15) is 19.0 Å². The smallest absolute Gasteiger partial charge is 0.333 e. The van der Waals surface area contributed by atoms with Gasteiger partial charge in [0.15, 0.2) is 0 Å². The molecule has 26 heavy (non-hydrogen) atoms.